The first-order valence-corrected chi connectivity index (χ1v) is 12.4. The molecule has 0 aliphatic rings. The quantitative estimate of drug-likeness (QED) is 0.236. The Morgan fingerprint density at radius 2 is 1.38 bits per heavy atom. The van der Waals surface area contributed by atoms with Gasteiger partial charge in [0.25, 0.3) is 5.91 Å². The van der Waals surface area contributed by atoms with E-state index in [1.165, 1.54) is 0 Å². The zero-order valence-electron chi connectivity index (χ0n) is 20.0. The number of anilines is 2. The molecule has 5 aromatic rings. The Morgan fingerprint density at radius 1 is 0.757 bits per heavy atom. The first-order valence-electron chi connectivity index (χ1n) is 12.0. The van der Waals surface area contributed by atoms with E-state index in [2.05, 4.69) is 44.9 Å². The predicted octanol–water partition coefficient (Wildman–Crippen LogP) is 7.10. The van der Waals surface area contributed by atoms with Gasteiger partial charge in [-0.3, -0.25) is 4.79 Å². The van der Waals surface area contributed by atoms with Gasteiger partial charge in [0.05, 0.1) is 5.69 Å². The van der Waals surface area contributed by atoms with Gasteiger partial charge in [-0.15, -0.1) is 0 Å². The summed E-state index contributed by atoms with van der Waals surface area (Å²) in [7, 11) is 0. The van der Waals surface area contributed by atoms with Crippen LogP contribution in [0.2, 0.25) is 5.02 Å². The van der Waals surface area contributed by atoms with Gasteiger partial charge < -0.3 is 10.6 Å². The van der Waals surface area contributed by atoms with Crippen molar-refractivity contribution < 1.29 is 4.79 Å². The number of carbonyl (C=O) groups is 1. The molecule has 0 radical (unpaired) electrons. The second-order valence-electron chi connectivity index (χ2n) is 8.56. The number of nitrogens with zero attached hydrogens (tertiary/aromatic N) is 2. The van der Waals surface area contributed by atoms with Crippen molar-refractivity contribution in [3.8, 4) is 11.3 Å². The maximum atomic E-state index is 12.9. The van der Waals surface area contributed by atoms with Crippen LogP contribution in [-0.2, 0) is 0 Å². The first kappa shape index (κ1) is 24.2. The van der Waals surface area contributed by atoms with Crippen LogP contribution in [0.4, 0.5) is 11.6 Å². The van der Waals surface area contributed by atoms with Gasteiger partial charge >= 0.3 is 0 Å². The third-order valence-electron chi connectivity index (χ3n) is 6.07. The molecule has 0 saturated heterocycles. The summed E-state index contributed by atoms with van der Waals surface area (Å²) in [6.07, 6.45) is 1.71. The van der Waals surface area contributed by atoms with E-state index in [4.69, 9.17) is 11.6 Å². The van der Waals surface area contributed by atoms with E-state index < -0.39 is 0 Å². The lowest BCUT2D eigenvalue weighted by Gasteiger charge is -2.19. The van der Waals surface area contributed by atoms with Gasteiger partial charge in [-0.2, -0.15) is 0 Å². The van der Waals surface area contributed by atoms with Crippen molar-refractivity contribution >= 4 is 29.1 Å². The number of carbonyl (C=O) groups excluding carboxylic acids is 1. The molecule has 5 rings (SSSR count). The van der Waals surface area contributed by atoms with Gasteiger partial charge in [-0.1, -0.05) is 84.4 Å². The number of nitrogens with one attached hydrogen (secondary N) is 2. The molecule has 182 valence electrons. The molecule has 0 aliphatic heterocycles. The minimum atomic E-state index is -0.121. The number of hydrogen-bond acceptors (Lipinski definition) is 4. The Kier molecular flexibility index (Phi) is 7.53. The van der Waals surface area contributed by atoms with Crippen LogP contribution in [-0.4, -0.2) is 22.4 Å². The highest BCUT2D eigenvalue weighted by atomic mass is 35.5. The van der Waals surface area contributed by atoms with E-state index >= 15 is 0 Å². The molecule has 0 spiro atoms. The zero-order valence-corrected chi connectivity index (χ0v) is 20.8. The number of benzene rings is 4. The summed E-state index contributed by atoms with van der Waals surface area (Å²) in [5.41, 5.74) is 5.43. The minimum absolute atomic E-state index is 0.0670. The van der Waals surface area contributed by atoms with Crippen LogP contribution in [0.5, 0.6) is 0 Å². The highest BCUT2D eigenvalue weighted by molar-refractivity contribution is 6.30. The summed E-state index contributed by atoms with van der Waals surface area (Å²) in [5.74, 6) is 0.417. The molecule has 0 unspecified atom stereocenters. The highest BCUT2D eigenvalue weighted by Crippen LogP contribution is 2.24. The van der Waals surface area contributed by atoms with Crippen LogP contribution in [0.15, 0.2) is 121 Å². The number of rotatable bonds is 8. The molecule has 4 aromatic carbocycles. The molecule has 1 heterocycles. The first-order chi connectivity index (χ1) is 18.2. The third-order valence-corrected chi connectivity index (χ3v) is 6.32. The van der Waals surface area contributed by atoms with E-state index in [1.807, 2.05) is 78.9 Å². The molecule has 0 saturated carbocycles. The smallest absolute Gasteiger partial charge is 0.251 e. The maximum absolute atomic E-state index is 12.9. The van der Waals surface area contributed by atoms with Crippen molar-refractivity contribution in [2.24, 2.45) is 0 Å². The normalized spacial score (nSPS) is 10.8. The fourth-order valence-electron chi connectivity index (χ4n) is 4.13. The van der Waals surface area contributed by atoms with Crippen LogP contribution < -0.4 is 10.6 Å². The number of aromatic nitrogens is 2. The van der Waals surface area contributed by atoms with E-state index in [0.29, 0.717) is 23.1 Å². The molecule has 2 N–H and O–H groups in total. The second-order valence-corrected chi connectivity index (χ2v) is 9.00. The molecule has 0 atom stereocenters. The van der Waals surface area contributed by atoms with E-state index in [0.717, 1.165) is 28.1 Å². The largest absolute Gasteiger partial charge is 0.351 e. The topological polar surface area (TPSA) is 66.9 Å². The third kappa shape index (κ3) is 6.21. The summed E-state index contributed by atoms with van der Waals surface area (Å²) in [6.45, 7) is 0.498. The van der Waals surface area contributed by atoms with Gasteiger partial charge in [0.15, 0.2) is 0 Å². The lowest BCUT2D eigenvalue weighted by atomic mass is 9.91. The van der Waals surface area contributed by atoms with Crippen LogP contribution in [0.25, 0.3) is 11.3 Å². The molecule has 1 amide bonds. The fraction of sp³-hybridized carbons (Fsp3) is 0.0645. The van der Waals surface area contributed by atoms with Crippen LogP contribution in [0, 0.1) is 0 Å². The number of halogens is 1. The molecular formula is C31H25ClN4O. The van der Waals surface area contributed by atoms with E-state index in [1.54, 1.807) is 18.3 Å². The standard InChI is InChI=1S/C31H25ClN4O/c32-26-15-11-24(12-16-26)29-19-20-33-31(36-29)35-27-17-13-25(14-18-27)30(37)34-21-28(22-7-3-1-4-8-22)23-9-5-2-6-10-23/h1-20,28H,21H2,(H,34,37)(H,33,35,36). The number of amides is 1. The summed E-state index contributed by atoms with van der Waals surface area (Å²) in [4.78, 5) is 21.8. The van der Waals surface area contributed by atoms with Gasteiger partial charge in [-0.05, 0) is 53.6 Å². The van der Waals surface area contributed by atoms with Crippen LogP contribution in [0.3, 0.4) is 0 Å². The molecular weight excluding hydrogens is 480 g/mol. The van der Waals surface area contributed by atoms with Crippen LogP contribution in [0.1, 0.15) is 27.4 Å². The van der Waals surface area contributed by atoms with Gasteiger partial charge in [0.1, 0.15) is 0 Å². The van der Waals surface area contributed by atoms with Crippen molar-refractivity contribution in [2.75, 3.05) is 11.9 Å². The Balaban J connectivity index is 1.24. The summed E-state index contributed by atoms with van der Waals surface area (Å²) < 4.78 is 0. The van der Waals surface area contributed by atoms with Crippen molar-refractivity contribution in [2.45, 2.75) is 5.92 Å². The maximum Gasteiger partial charge on any atom is 0.251 e. The molecule has 0 bridgehead atoms. The Labute approximate surface area is 221 Å². The molecule has 5 nitrogen and oxygen atoms in total. The average molecular weight is 505 g/mol. The lowest BCUT2D eigenvalue weighted by molar-refractivity contribution is 0.0952. The van der Waals surface area contributed by atoms with Gasteiger partial charge in [-0.25, -0.2) is 9.97 Å². The van der Waals surface area contributed by atoms with Crippen molar-refractivity contribution in [3.63, 3.8) is 0 Å². The van der Waals surface area contributed by atoms with Crippen LogP contribution >= 0.6 is 11.6 Å². The molecule has 1 aromatic heterocycles. The van der Waals surface area contributed by atoms with Gasteiger partial charge in [0.2, 0.25) is 5.95 Å². The lowest BCUT2D eigenvalue weighted by Crippen LogP contribution is -2.28. The number of hydrogen-bond donors (Lipinski definition) is 2. The average Bonchev–Trinajstić information content (AvgIpc) is 2.95. The van der Waals surface area contributed by atoms with Crippen molar-refractivity contribution in [1.29, 1.82) is 0 Å². The van der Waals surface area contributed by atoms with E-state index in [-0.39, 0.29) is 11.8 Å². The Hall–Kier alpha value is -4.48. The molecule has 6 heteroatoms. The predicted molar refractivity (Wildman–Crippen MR) is 149 cm³/mol. The molecule has 37 heavy (non-hydrogen) atoms. The monoisotopic (exact) mass is 504 g/mol. The summed E-state index contributed by atoms with van der Waals surface area (Å²) >= 11 is 5.99. The van der Waals surface area contributed by atoms with Gasteiger partial charge in [0, 0.05) is 40.5 Å². The fourth-order valence-corrected chi connectivity index (χ4v) is 4.26. The zero-order chi connectivity index (χ0) is 25.5. The Bertz CT molecular complexity index is 1420. The minimum Gasteiger partial charge on any atom is -0.351 e. The highest BCUT2D eigenvalue weighted by Gasteiger charge is 2.16. The van der Waals surface area contributed by atoms with E-state index in [9.17, 15) is 4.79 Å². The SMILES string of the molecule is O=C(NCC(c1ccccc1)c1ccccc1)c1ccc(Nc2nccc(-c3ccc(Cl)cc3)n2)cc1. The summed E-state index contributed by atoms with van der Waals surface area (Å²) in [5, 5.41) is 6.98. The van der Waals surface area contributed by atoms with Crippen molar-refractivity contribution in [3.05, 3.63) is 143 Å². The molecule has 0 fully saturated rings. The second kappa shape index (κ2) is 11.5. The molecule has 0 aliphatic carbocycles. The van der Waals surface area contributed by atoms with Crippen molar-refractivity contribution in [1.82, 2.24) is 15.3 Å². The summed E-state index contributed by atoms with van der Waals surface area (Å²) in [6, 6.07) is 37.1. The Morgan fingerprint density at radius 3 is 2.00 bits per heavy atom.